The fourth-order valence-corrected chi connectivity index (χ4v) is 3.27. The zero-order valence-electron chi connectivity index (χ0n) is 11.8. The topological polar surface area (TPSA) is 66.6 Å². The number of nitrogen functional groups attached to an aromatic ring is 1. The molecule has 0 unspecified atom stereocenters. The van der Waals surface area contributed by atoms with Gasteiger partial charge in [-0.3, -0.25) is 4.31 Å². The lowest BCUT2D eigenvalue weighted by Gasteiger charge is -2.25. The van der Waals surface area contributed by atoms with Gasteiger partial charge in [0.15, 0.2) is 0 Å². The van der Waals surface area contributed by atoms with Gasteiger partial charge in [0.2, 0.25) is 10.0 Å². The number of likely N-dealkylation sites (N-methyl/N-ethyl adjacent to an activating group) is 1. The smallest absolute Gasteiger partial charge is 0.235 e. The SMILES string of the molecule is CCCS(=O)(=O)N(CCN(C)C)c1ccc(N)cc1. The van der Waals surface area contributed by atoms with E-state index in [0.29, 0.717) is 30.9 Å². The van der Waals surface area contributed by atoms with E-state index in [-0.39, 0.29) is 5.75 Å². The molecule has 0 heterocycles. The largest absolute Gasteiger partial charge is 0.399 e. The average Bonchev–Trinajstić information content (AvgIpc) is 2.31. The summed E-state index contributed by atoms with van der Waals surface area (Å²) in [5, 5.41) is 0. The van der Waals surface area contributed by atoms with Gasteiger partial charge in [-0.2, -0.15) is 0 Å². The molecule has 1 rings (SSSR count). The van der Waals surface area contributed by atoms with Crippen LogP contribution in [0.15, 0.2) is 24.3 Å². The van der Waals surface area contributed by atoms with E-state index in [9.17, 15) is 8.42 Å². The van der Waals surface area contributed by atoms with Crippen molar-refractivity contribution in [1.82, 2.24) is 4.90 Å². The van der Waals surface area contributed by atoms with Crippen LogP contribution in [-0.4, -0.2) is 46.3 Å². The van der Waals surface area contributed by atoms with Crippen LogP contribution in [0.4, 0.5) is 11.4 Å². The molecule has 1 aromatic rings. The Hall–Kier alpha value is -1.27. The molecule has 108 valence electrons. The number of benzene rings is 1. The van der Waals surface area contributed by atoms with Crippen molar-refractivity contribution in [2.75, 3.05) is 43.0 Å². The lowest BCUT2D eigenvalue weighted by molar-refractivity contribution is 0.419. The lowest BCUT2D eigenvalue weighted by atomic mass is 10.3. The van der Waals surface area contributed by atoms with Crippen molar-refractivity contribution in [3.63, 3.8) is 0 Å². The van der Waals surface area contributed by atoms with Crippen LogP contribution in [-0.2, 0) is 10.0 Å². The number of hydrogen-bond donors (Lipinski definition) is 1. The Morgan fingerprint density at radius 2 is 1.68 bits per heavy atom. The Kier molecular flexibility index (Phi) is 5.62. The summed E-state index contributed by atoms with van der Waals surface area (Å²) in [7, 11) is 0.580. The van der Waals surface area contributed by atoms with Crippen molar-refractivity contribution < 1.29 is 8.42 Å². The first kappa shape index (κ1) is 15.8. The molecule has 0 aliphatic carbocycles. The normalized spacial score (nSPS) is 11.8. The van der Waals surface area contributed by atoms with E-state index in [0.717, 1.165) is 0 Å². The minimum Gasteiger partial charge on any atom is -0.399 e. The summed E-state index contributed by atoms with van der Waals surface area (Å²) in [5.41, 5.74) is 6.94. The molecule has 5 nitrogen and oxygen atoms in total. The summed E-state index contributed by atoms with van der Waals surface area (Å²) in [6.07, 6.45) is 0.607. The molecule has 0 atom stereocenters. The lowest BCUT2D eigenvalue weighted by Crippen LogP contribution is -2.38. The van der Waals surface area contributed by atoms with Gasteiger partial charge in [0, 0.05) is 18.8 Å². The monoisotopic (exact) mass is 285 g/mol. The highest BCUT2D eigenvalue weighted by atomic mass is 32.2. The Labute approximate surface area is 116 Å². The highest BCUT2D eigenvalue weighted by molar-refractivity contribution is 7.92. The van der Waals surface area contributed by atoms with E-state index < -0.39 is 10.0 Å². The summed E-state index contributed by atoms with van der Waals surface area (Å²) < 4.78 is 26.1. The fourth-order valence-electron chi connectivity index (χ4n) is 1.73. The van der Waals surface area contributed by atoms with Gasteiger partial charge in [-0.25, -0.2) is 8.42 Å². The molecule has 0 saturated heterocycles. The molecule has 0 aromatic heterocycles. The Balaban J connectivity index is 3.01. The molecule has 6 heteroatoms. The predicted molar refractivity (Wildman–Crippen MR) is 80.8 cm³/mol. The number of sulfonamides is 1. The molecule has 19 heavy (non-hydrogen) atoms. The van der Waals surface area contributed by atoms with Crippen LogP contribution in [0.25, 0.3) is 0 Å². The summed E-state index contributed by atoms with van der Waals surface area (Å²) in [6.45, 7) is 2.98. The Bertz CT molecular complexity index is 483. The van der Waals surface area contributed by atoms with Gasteiger partial charge >= 0.3 is 0 Å². The van der Waals surface area contributed by atoms with E-state index in [2.05, 4.69) is 0 Å². The molecule has 0 aliphatic rings. The minimum absolute atomic E-state index is 0.158. The molecule has 0 radical (unpaired) electrons. The number of anilines is 2. The van der Waals surface area contributed by atoms with Crippen molar-refractivity contribution in [3.8, 4) is 0 Å². The first-order valence-corrected chi connectivity index (χ1v) is 7.98. The second kappa shape index (κ2) is 6.77. The van der Waals surface area contributed by atoms with Crippen molar-refractivity contribution in [2.45, 2.75) is 13.3 Å². The Morgan fingerprint density at radius 3 is 2.16 bits per heavy atom. The van der Waals surface area contributed by atoms with Crippen molar-refractivity contribution in [2.24, 2.45) is 0 Å². The van der Waals surface area contributed by atoms with Gasteiger partial charge in [-0.05, 0) is 44.8 Å². The third-order valence-electron chi connectivity index (χ3n) is 2.73. The van der Waals surface area contributed by atoms with Gasteiger partial charge in [-0.15, -0.1) is 0 Å². The molecule has 1 aromatic carbocycles. The maximum absolute atomic E-state index is 12.3. The number of hydrogen-bond acceptors (Lipinski definition) is 4. The first-order chi connectivity index (χ1) is 8.86. The van der Waals surface area contributed by atoms with E-state index in [1.807, 2.05) is 25.9 Å². The highest BCUT2D eigenvalue weighted by Crippen LogP contribution is 2.20. The quantitative estimate of drug-likeness (QED) is 0.769. The van der Waals surface area contributed by atoms with Crippen molar-refractivity contribution in [3.05, 3.63) is 24.3 Å². The van der Waals surface area contributed by atoms with Crippen molar-refractivity contribution >= 4 is 21.4 Å². The maximum atomic E-state index is 12.3. The third kappa shape index (κ3) is 4.72. The summed E-state index contributed by atoms with van der Waals surface area (Å²) in [5.74, 6) is 0.158. The Morgan fingerprint density at radius 1 is 1.11 bits per heavy atom. The van der Waals surface area contributed by atoms with Crippen LogP contribution in [0.5, 0.6) is 0 Å². The average molecular weight is 285 g/mol. The molecular weight excluding hydrogens is 262 g/mol. The van der Waals surface area contributed by atoms with Gasteiger partial charge in [-0.1, -0.05) is 6.92 Å². The summed E-state index contributed by atoms with van der Waals surface area (Å²) in [6, 6.07) is 6.94. The van der Waals surface area contributed by atoms with E-state index >= 15 is 0 Å². The molecular formula is C13H23N3O2S. The van der Waals surface area contributed by atoms with E-state index in [1.165, 1.54) is 4.31 Å². The molecule has 0 spiro atoms. The molecule has 0 amide bonds. The third-order valence-corrected chi connectivity index (χ3v) is 4.72. The molecule has 0 saturated carbocycles. The molecule has 2 N–H and O–H groups in total. The van der Waals surface area contributed by atoms with Gasteiger partial charge in [0.1, 0.15) is 0 Å². The van der Waals surface area contributed by atoms with Gasteiger partial charge < -0.3 is 10.6 Å². The minimum atomic E-state index is -3.27. The van der Waals surface area contributed by atoms with Crippen LogP contribution in [0, 0.1) is 0 Å². The summed E-state index contributed by atoms with van der Waals surface area (Å²) >= 11 is 0. The van der Waals surface area contributed by atoms with Gasteiger partial charge in [0.05, 0.1) is 11.4 Å². The zero-order chi connectivity index (χ0) is 14.5. The second-order valence-electron chi connectivity index (χ2n) is 4.78. The first-order valence-electron chi connectivity index (χ1n) is 6.37. The van der Waals surface area contributed by atoms with Gasteiger partial charge in [0.25, 0.3) is 0 Å². The maximum Gasteiger partial charge on any atom is 0.235 e. The van der Waals surface area contributed by atoms with Crippen LogP contribution in [0.2, 0.25) is 0 Å². The number of nitrogens with two attached hydrogens (primary N) is 1. The summed E-state index contributed by atoms with van der Waals surface area (Å²) in [4.78, 5) is 1.96. The predicted octanol–water partition coefficient (Wildman–Crippen LogP) is 1.38. The van der Waals surface area contributed by atoms with E-state index in [1.54, 1.807) is 24.3 Å². The number of nitrogens with zero attached hydrogens (tertiary/aromatic N) is 2. The number of rotatable bonds is 7. The van der Waals surface area contributed by atoms with Crippen LogP contribution in [0.1, 0.15) is 13.3 Å². The van der Waals surface area contributed by atoms with Crippen LogP contribution in [0.3, 0.4) is 0 Å². The second-order valence-corrected chi connectivity index (χ2v) is 6.80. The van der Waals surface area contributed by atoms with E-state index in [4.69, 9.17) is 5.73 Å². The molecule has 0 aliphatic heterocycles. The van der Waals surface area contributed by atoms with Crippen molar-refractivity contribution in [1.29, 1.82) is 0 Å². The highest BCUT2D eigenvalue weighted by Gasteiger charge is 2.21. The molecule has 0 bridgehead atoms. The zero-order valence-corrected chi connectivity index (χ0v) is 12.7. The van der Waals surface area contributed by atoms with Crippen LogP contribution >= 0.6 is 0 Å². The van der Waals surface area contributed by atoms with Crippen LogP contribution < -0.4 is 10.0 Å². The fraction of sp³-hybridized carbons (Fsp3) is 0.538. The molecule has 0 fully saturated rings. The standard InChI is InChI=1S/C13H23N3O2S/c1-4-11-19(17,18)16(10-9-15(2)3)13-7-5-12(14)6-8-13/h5-8H,4,9-11,14H2,1-3H3.